The molecule has 0 atom stereocenters. The van der Waals surface area contributed by atoms with Gasteiger partial charge in [-0.05, 0) is 30.7 Å². The summed E-state index contributed by atoms with van der Waals surface area (Å²) in [5.74, 6) is 0.489. The van der Waals surface area contributed by atoms with Gasteiger partial charge >= 0.3 is 0 Å². The number of ether oxygens (including phenoxy) is 1. The second kappa shape index (κ2) is 7.40. The number of hydrogen-bond acceptors (Lipinski definition) is 6. The number of para-hydroxylation sites is 1. The van der Waals surface area contributed by atoms with Gasteiger partial charge < -0.3 is 4.74 Å². The Kier molecular flexibility index (Phi) is 4.79. The second-order valence-electron chi connectivity index (χ2n) is 6.39. The number of hydrogen-bond donors (Lipinski definition) is 0. The van der Waals surface area contributed by atoms with Crippen molar-refractivity contribution in [3.63, 3.8) is 0 Å². The van der Waals surface area contributed by atoms with Crippen LogP contribution in [-0.4, -0.2) is 32.8 Å². The Morgan fingerprint density at radius 2 is 2.14 bits per heavy atom. The number of benzene rings is 1. The maximum Gasteiger partial charge on any atom is 0.281 e. The van der Waals surface area contributed by atoms with Crippen LogP contribution < -0.4 is 9.64 Å². The maximum absolute atomic E-state index is 13.4. The lowest BCUT2D eigenvalue weighted by Gasteiger charge is -2.19. The summed E-state index contributed by atoms with van der Waals surface area (Å²) in [5, 5.41) is 4.94. The minimum atomic E-state index is -0.194. The van der Waals surface area contributed by atoms with Crippen LogP contribution in [0.15, 0.2) is 48.9 Å². The van der Waals surface area contributed by atoms with Gasteiger partial charge in [0.25, 0.3) is 5.91 Å². The molecule has 4 rings (SSSR count). The lowest BCUT2D eigenvalue weighted by molar-refractivity contribution is 0.0979. The molecule has 28 heavy (non-hydrogen) atoms. The Morgan fingerprint density at radius 1 is 1.29 bits per heavy atom. The van der Waals surface area contributed by atoms with Crippen molar-refractivity contribution in [2.24, 2.45) is 7.05 Å². The molecule has 0 aliphatic carbocycles. The van der Waals surface area contributed by atoms with Gasteiger partial charge in [-0.25, -0.2) is 4.98 Å². The molecule has 3 aromatic heterocycles. The van der Waals surface area contributed by atoms with Crippen molar-refractivity contribution in [3.8, 4) is 5.75 Å². The fourth-order valence-electron chi connectivity index (χ4n) is 3.04. The molecule has 0 fully saturated rings. The number of methoxy groups -OCH3 is 1. The zero-order chi connectivity index (χ0) is 19.7. The molecule has 0 saturated heterocycles. The van der Waals surface area contributed by atoms with E-state index in [9.17, 15) is 4.79 Å². The van der Waals surface area contributed by atoms with Gasteiger partial charge in [0.05, 0.1) is 18.4 Å². The van der Waals surface area contributed by atoms with Crippen LogP contribution in [0.5, 0.6) is 5.75 Å². The predicted octanol–water partition coefficient (Wildman–Crippen LogP) is 3.59. The van der Waals surface area contributed by atoms with Crippen molar-refractivity contribution >= 4 is 32.6 Å². The maximum atomic E-state index is 13.4. The largest absolute Gasteiger partial charge is 0.494 e. The Labute approximate surface area is 166 Å². The number of rotatable bonds is 5. The Hall–Kier alpha value is -3.26. The van der Waals surface area contributed by atoms with Crippen LogP contribution in [0, 0.1) is 6.92 Å². The molecule has 0 aliphatic rings. The molecule has 7 nitrogen and oxygen atoms in total. The van der Waals surface area contributed by atoms with E-state index in [1.54, 1.807) is 36.1 Å². The molecule has 142 valence electrons. The van der Waals surface area contributed by atoms with Crippen molar-refractivity contribution in [2.75, 3.05) is 12.0 Å². The van der Waals surface area contributed by atoms with Crippen LogP contribution in [0.25, 0.3) is 10.2 Å². The Bertz CT molecular complexity index is 1140. The van der Waals surface area contributed by atoms with Crippen LogP contribution in [0.2, 0.25) is 0 Å². The van der Waals surface area contributed by atoms with Gasteiger partial charge in [-0.15, -0.1) is 0 Å². The predicted molar refractivity (Wildman–Crippen MR) is 109 cm³/mol. The molecule has 1 aromatic carbocycles. The van der Waals surface area contributed by atoms with Crippen LogP contribution in [0.4, 0.5) is 5.13 Å². The number of anilines is 1. The van der Waals surface area contributed by atoms with E-state index in [1.807, 2.05) is 43.5 Å². The van der Waals surface area contributed by atoms with E-state index in [0.29, 0.717) is 23.1 Å². The number of pyridine rings is 1. The van der Waals surface area contributed by atoms with E-state index >= 15 is 0 Å². The molecule has 4 aromatic rings. The first-order valence-corrected chi connectivity index (χ1v) is 9.53. The third-order valence-corrected chi connectivity index (χ3v) is 5.39. The number of carbonyl (C=O) groups excluding carboxylic acids is 1. The summed E-state index contributed by atoms with van der Waals surface area (Å²) >= 11 is 1.45. The van der Waals surface area contributed by atoms with Crippen molar-refractivity contribution in [3.05, 3.63) is 65.7 Å². The Morgan fingerprint density at radius 3 is 2.82 bits per heavy atom. The molecule has 3 heterocycles. The van der Waals surface area contributed by atoms with E-state index in [-0.39, 0.29) is 5.91 Å². The van der Waals surface area contributed by atoms with Gasteiger partial charge in [0.2, 0.25) is 0 Å². The minimum absolute atomic E-state index is 0.194. The molecule has 0 spiro atoms. The highest BCUT2D eigenvalue weighted by Gasteiger charge is 2.26. The standard InChI is InChI=1S/C20H19N5O2S/c1-13-11-24(2)23-17(13)19(26)25(12-14-6-5-9-21-10-14)20-22-18-15(27-3)7-4-8-16(18)28-20/h4-11H,12H2,1-3H3. The number of nitrogens with zero attached hydrogens (tertiary/aromatic N) is 5. The lowest BCUT2D eigenvalue weighted by Crippen LogP contribution is -2.31. The highest BCUT2D eigenvalue weighted by molar-refractivity contribution is 7.22. The number of aryl methyl sites for hydroxylation is 2. The number of fused-ring (bicyclic) bond motifs is 1. The van der Waals surface area contributed by atoms with Gasteiger partial charge in [-0.1, -0.05) is 23.5 Å². The van der Waals surface area contributed by atoms with E-state index in [2.05, 4.69) is 10.1 Å². The average molecular weight is 393 g/mol. The molecule has 0 unspecified atom stereocenters. The average Bonchev–Trinajstić information content (AvgIpc) is 3.28. The summed E-state index contributed by atoms with van der Waals surface area (Å²) in [6, 6.07) is 9.54. The molecule has 8 heteroatoms. The molecule has 0 aliphatic heterocycles. The quantitative estimate of drug-likeness (QED) is 0.518. The topological polar surface area (TPSA) is 73.1 Å². The fourth-order valence-corrected chi connectivity index (χ4v) is 4.02. The molecule has 0 radical (unpaired) electrons. The van der Waals surface area contributed by atoms with Crippen molar-refractivity contribution in [1.29, 1.82) is 0 Å². The highest BCUT2D eigenvalue weighted by Crippen LogP contribution is 2.35. The van der Waals surface area contributed by atoms with E-state index in [4.69, 9.17) is 9.72 Å². The summed E-state index contributed by atoms with van der Waals surface area (Å²) in [7, 11) is 3.42. The van der Waals surface area contributed by atoms with Crippen molar-refractivity contribution < 1.29 is 9.53 Å². The molecular formula is C20H19N5O2S. The zero-order valence-corrected chi connectivity index (χ0v) is 16.6. The number of thiazole rings is 1. The highest BCUT2D eigenvalue weighted by atomic mass is 32.1. The number of aromatic nitrogens is 4. The molecule has 1 amide bonds. The molecule has 0 N–H and O–H groups in total. The van der Waals surface area contributed by atoms with Crippen LogP contribution in [0.1, 0.15) is 21.6 Å². The summed E-state index contributed by atoms with van der Waals surface area (Å²) in [6.07, 6.45) is 5.29. The van der Waals surface area contributed by atoms with Gasteiger partial charge in [-0.2, -0.15) is 5.10 Å². The van der Waals surface area contributed by atoms with Gasteiger partial charge in [-0.3, -0.25) is 19.4 Å². The third-order valence-electron chi connectivity index (χ3n) is 4.34. The molecular weight excluding hydrogens is 374 g/mol. The van der Waals surface area contributed by atoms with Crippen LogP contribution >= 0.6 is 11.3 Å². The van der Waals surface area contributed by atoms with Gasteiger partial charge in [0.15, 0.2) is 10.8 Å². The summed E-state index contributed by atoms with van der Waals surface area (Å²) in [4.78, 5) is 23.9. The Balaban J connectivity index is 1.81. The van der Waals surface area contributed by atoms with Gasteiger partial charge in [0.1, 0.15) is 11.3 Å². The van der Waals surface area contributed by atoms with E-state index in [0.717, 1.165) is 21.3 Å². The summed E-state index contributed by atoms with van der Waals surface area (Å²) in [5.41, 5.74) is 2.89. The lowest BCUT2D eigenvalue weighted by atomic mass is 10.2. The monoisotopic (exact) mass is 393 g/mol. The van der Waals surface area contributed by atoms with Crippen LogP contribution in [0.3, 0.4) is 0 Å². The van der Waals surface area contributed by atoms with Crippen LogP contribution in [-0.2, 0) is 13.6 Å². The first-order valence-electron chi connectivity index (χ1n) is 8.71. The third kappa shape index (κ3) is 3.34. The first-order chi connectivity index (χ1) is 13.6. The molecule has 0 saturated carbocycles. The van der Waals surface area contributed by atoms with E-state index in [1.165, 1.54) is 11.3 Å². The molecule has 0 bridgehead atoms. The normalized spacial score (nSPS) is 11.0. The van der Waals surface area contributed by atoms with Crippen molar-refractivity contribution in [2.45, 2.75) is 13.5 Å². The number of carbonyl (C=O) groups is 1. The second-order valence-corrected chi connectivity index (χ2v) is 7.40. The summed E-state index contributed by atoms with van der Waals surface area (Å²) < 4.78 is 8.02. The van der Waals surface area contributed by atoms with E-state index < -0.39 is 0 Å². The smallest absolute Gasteiger partial charge is 0.281 e. The first kappa shape index (κ1) is 18.1. The minimum Gasteiger partial charge on any atom is -0.494 e. The SMILES string of the molecule is COc1cccc2sc(N(Cc3cccnc3)C(=O)c3nn(C)cc3C)nc12. The zero-order valence-electron chi connectivity index (χ0n) is 15.8. The van der Waals surface area contributed by atoms with Gasteiger partial charge in [0, 0.05) is 31.2 Å². The van der Waals surface area contributed by atoms with Crippen molar-refractivity contribution in [1.82, 2.24) is 19.7 Å². The number of amides is 1. The summed E-state index contributed by atoms with van der Waals surface area (Å²) in [6.45, 7) is 2.23. The fraction of sp³-hybridized carbons (Fsp3) is 0.200.